The summed E-state index contributed by atoms with van der Waals surface area (Å²) in [5.41, 5.74) is 2.70. The van der Waals surface area contributed by atoms with Gasteiger partial charge in [-0.1, -0.05) is 24.3 Å². The van der Waals surface area contributed by atoms with E-state index in [1.807, 2.05) is 31.2 Å². The third-order valence-corrected chi connectivity index (χ3v) is 4.28. The van der Waals surface area contributed by atoms with Crippen LogP contribution in [-0.2, 0) is 4.79 Å². The van der Waals surface area contributed by atoms with Crippen LogP contribution in [0.2, 0.25) is 0 Å². The van der Waals surface area contributed by atoms with Gasteiger partial charge in [0.05, 0.1) is 11.7 Å². The summed E-state index contributed by atoms with van der Waals surface area (Å²) in [5, 5.41) is 4.09. The fourth-order valence-electron chi connectivity index (χ4n) is 2.52. The Bertz CT molecular complexity index is 887. The molecule has 0 spiro atoms. The third-order valence-electron chi connectivity index (χ3n) is 4.28. The summed E-state index contributed by atoms with van der Waals surface area (Å²) >= 11 is 0. The maximum Gasteiger partial charge on any atom is 0.246 e. The monoisotopic (exact) mass is 350 g/mol. The molecule has 0 unspecified atom stereocenters. The molecule has 3 rings (SSSR count). The molecule has 0 aliphatic carbocycles. The van der Waals surface area contributed by atoms with Crippen molar-refractivity contribution in [2.45, 2.75) is 13.0 Å². The summed E-state index contributed by atoms with van der Waals surface area (Å²) in [6.45, 7) is 1.97. The number of benzene rings is 2. The zero-order valence-corrected chi connectivity index (χ0v) is 14.6. The smallest absolute Gasteiger partial charge is 0.246 e. The van der Waals surface area contributed by atoms with Gasteiger partial charge >= 0.3 is 0 Å². The topological polar surface area (TPSA) is 51.0 Å². The quantitative estimate of drug-likeness (QED) is 0.660. The Morgan fingerprint density at radius 3 is 2.46 bits per heavy atom. The van der Waals surface area contributed by atoms with Crippen LogP contribution in [0, 0.1) is 5.82 Å². The Kier molecular flexibility index (Phi) is 5.22. The number of halogens is 1. The molecule has 0 aliphatic heterocycles. The average molecular weight is 350 g/mol. The van der Waals surface area contributed by atoms with E-state index in [2.05, 4.69) is 10.1 Å². The highest BCUT2D eigenvalue weighted by Crippen LogP contribution is 2.20. The van der Waals surface area contributed by atoms with Gasteiger partial charge in [-0.25, -0.2) is 14.1 Å². The van der Waals surface area contributed by atoms with Crippen molar-refractivity contribution >= 4 is 12.0 Å². The van der Waals surface area contributed by atoms with Crippen LogP contribution >= 0.6 is 0 Å². The molecule has 3 aromatic rings. The van der Waals surface area contributed by atoms with E-state index in [1.165, 1.54) is 24.5 Å². The van der Waals surface area contributed by atoms with E-state index in [4.69, 9.17) is 0 Å². The summed E-state index contributed by atoms with van der Waals surface area (Å²) in [5.74, 6) is -0.421. The fourth-order valence-corrected chi connectivity index (χ4v) is 2.52. The molecule has 0 radical (unpaired) electrons. The van der Waals surface area contributed by atoms with E-state index in [1.54, 1.807) is 41.2 Å². The number of carbonyl (C=O) groups excluding carboxylic acids is 1. The van der Waals surface area contributed by atoms with Crippen molar-refractivity contribution in [3.8, 4) is 5.69 Å². The van der Waals surface area contributed by atoms with Gasteiger partial charge in [0.15, 0.2) is 0 Å². The lowest BCUT2D eigenvalue weighted by atomic mass is 10.1. The highest BCUT2D eigenvalue weighted by atomic mass is 19.1. The van der Waals surface area contributed by atoms with Crippen molar-refractivity contribution in [2.75, 3.05) is 7.05 Å². The van der Waals surface area contributed by atoms with Gasteiger partial charge in [0.25, 0.3) is 0 Å². The number of nitrogens with zero attached hydrogens (tertiary/aromatic N) is 4. The van der Waals surface area contributed by atoms with E-state index in [0.29, 0.717) is 0 Å². The van der Waals surface area contributed by atoms with E-state index >= 15 is 0 Å². The Morgan fingerprint density at radius 2 is 1.85 bits per heavy atom. The number of likely N-dealkylation sites (N-methyl/N-ethyl adjacent to an activating group) is 1. The lowest BCUT2D eigenvalue weighted by Gasteiger charge is -2.24. The summed E-state index contributed by atoms with van der Waals surface area (Å²) < 4.78 is 14.6. The zero-order valence-electron chi connectivity index (χ0n) is 14.6. The van der Waals surface area contributed by atoms with E-state index in [9.17, 15) is 9.18 Å². The van der Waals surface area contributed by atoms with Gasteiger partial charge in [-0.15, -0.1) is 0 Å². The van der Waals surface area contributed by atoms with Crippen molar-refractivity contribution in [2.24, 2.45) is 0 Å². The average Bonchev–Trinajstić information content (AvgIpc) is 3.21. The summed E-state index contributed by atoms with van der Waals surface area (Å²) in [6, 6.07) is 13.7. The van der Waals surface area contributed by atoms with Crippen molar-refractivity contribution in [1.82, 2.24) is 19.7 Å². The van der Waals surface area contributed by atoms with Crippen molar-refractivity contribution in [3.05, 3.63) is 84.2 Å². The second-order valence-corrected chi connectivity index (χ2v) is 5.94. The van der Waals surface area contributed by atoms with E-state index in [-0.39, 0.29) is 17.8 Å². The van der Waals surface area contributed by atoms with Gasteiger partial charge in [-0.3, -0.25) is 4.79 Å². The van der Waals surface area contributed by atoms with E-state index < -0.39 is 0 Å². The minimum atomic E-state index is -0.298. The van der Waals surface area contributed by atoms with E-state index in [0.717, 1.165) is 16.8 Å². The van der Waals surface area contributed by atoms with Crippen LogP contribution in [0.15, 0.2) is 67.3 Å². The Morgan fingerprint density at radius 1 is 1.15 bits per heavy atom. The molecule has 6 heteroatoms. The van der Waals surface area contributed by atoms with Crippen molar-refractivity contribution in [3.63, 3.8) is 0 Å². The molecule has 0 aliphatic rings. The molecule has 1 atom stereocenters. The number of carbonyl (C=O) groups is 1. The van der Waals surface area contributed by atoms with Gasteiger partial charge < -0.3 is 4.90 Å². The SMILES string of the molecule is C[C@H](c1ccc(-n2cncn2)cc1)N(C)C(=O)/C=C/c1ccc(F)cc1. The molecule has 0 saturated heterocycles. The van der Waals surface area contributed by atoms with Crippen LogP contribution in [0.25, 0.3) is 11.8 Å². The van der Waals surface area contributed by atoms with Crippen LogP contribution in [0.4, 0.5) is 4.39 Å². The number of hydrogen-bond acceptors (Lipinski definition) is 3. The first-order valence-electron chi connectivity index (χ1n) is 8.20. The molecule has 1 aromatic heterocycles. The molecule has 0 N–H and O–H groups in total. The number of amides is 1. The minimum absolute atomic E-state index is 0.0924. The van der Waals surface area contributed by atoms with Crippen molar-refractivity contribution < 1.29 is 9.18 Å². The third kappa shape index (κ3) is 4.03. The summed E-state index contributed by atoms with van der Waals surface area (Å²) in [7, 11) is 1.76. The summed E-state index contributed by atoms with van der Waals surface area (Å²) in [6.07, 6.45) is 6.29. The maximum atomic E-state index is 12.9. The first kappa shape index (κ1) is 17.5. The highest BCUT2D eigenvalue weighted by Gasteiger charge is 2.15. The minimum Gasteiger partial charge on any atom is -0.335 e. The fraction of sp³-hybridized carbons (Fsp3) is 0.150. The van der Waals surface area contributed by atoms with Gasteiger partial charge in [0.2, 0.25) is 5.91 Å². The molecule has 5 nitrogen and oxygen atoms in total. The summed E-state index contributed by atoms with van der Waals surface area (Å²) in [4.78, 5) is 18.0. The largest absolute Gasteiger partial charge is 0.335 e. The predicted octanol–water partition coefficient (Wildman–Crippen LogP) is 3.64. The zero-order chi connectivity index (χ0) is 18.5. The molecular weight excluding hydrogens is 331 g/mol. The molecule has 1 amide bonds. The Labute approximate surface area is 151 Å². The lowest BCUT2D eigenvalue weighted by molar-refractivity contribution is -0.126. The molecule has 0 bridgehead atoms. The molecule has 132 valence electrons. The normalized spacial score (nSPS) is 12.3. The number of rotatable bonds is 5. The van der Waals surface area contributed by atoms with Crippen molar-refractivity contribution in [1.29, 1.82) is 0 Å². The number of hydrogen-bond donors (Lipinski definition) is 0. The van der Waals surface area contributed by atoms with Crippen LogP contribution in [0.3, 0.4) is 0 Å². The van der Waals surface area contributed by atoms with Crippen LogP contribution in [-0.4, -0.2) is 32.6 Å². The lowest BCUT2D eigenvalue weighted by Crippen LogP contribution is -2.27. The molecule has 26 heavy (non-hydrogen) atoms. The Balaban J connectivity index is 1.67. The van der Waals surface area contributed by atoms with Gasteiger partial charge in [0.1, 0.15) is 18.5 Å². The molecule has 0 saturated carbocycles. The Hall–Kier alpha value is -3.28. The molecular formula is C20H19FN4O. The first-order chi connectivity index (χ1) is 12.5. The van der Waals surface area contributed by atoms with Crippen LogP contribution in [0.5, 0.6) is 0 Å². The number of aromatic nitrogens is 3. The second-order valence-electron chi connectivity index (χ2n) is 5.94. The van der Waals surface area contributed by atoms with Gasteiger partial charge in [-0.2, -0.15) is 5.10 Å². The van der Waals surface area contributed by atoms with Crippen LogP contribution in [0.1, 0.15) is 24.1 Å². The second kappa shape index (κ2) is 7.74. The maximum absolute atomic E-state index is 12.9. The van der Waals surface area contributed by atoms with Gasteiger partial charge in [0, 0.05) is 13.1 Å². The standard InChI is InChI=1S/C20H19FN4O/c1-15(17-6-10-19(11-7-17)25-14-22-13-23-25)24(2)20(26)12-5-16-3-8-18(21)9-4-16/h3-15H,1-2H3/b12-5+/t15-/m1/s1. The molecule has 0 fully saturated rings. The first-order valence-corrected chi connectivity index (χ1v) is 8.20. The molecule has 1 heterocycles. The predicted molar refractivity (Wildman–Crippen MR) is 98.0 cm³/mol. The molecule has 2 aromatic carbocycles. The van der Waals surface area contributed by atoms with Gasteiger partial charge in [-0.05, 0) is 48.4 Å². The highest BCUT2D eigenvalue weighted by molar-refractivity contribution is 5.91. The van der Waals surface area contributed by atoms with Crippen LogP contribution < -0.4 is 0 Å².